The van der Waals surface area contributed by atoms with E-state index in [0.29, 0.717) is 19.6 Å². The molecule has 35 heavy (non-hydrogen) atoms. The Morgan fingerprint density at radius 1 is 1.11 bits per heavy atom. The van der Waals surface area contributed by atoms with Crippen molar-refractivity contribution in [3.8, 4) is 0 Å². The van der Waals surface area contributed by atoms with Gasteiger partial charge in [-0.1, -0.05) is 31.6 Å². The summed E-state index contributed by atoms with van der Waals surface area (Å²) in [4.78, 5) is 0. The number of alkyl halides is 4. The summed E-state index contributed by atoms with van der Waals surface area (Å²) in [7, 11) is 0. The molecule has 2 nitrogen and oxygen atoms in total. The van der Waals surface area contributed by atoms with Gasteiger partial charge in [0.2, 0.25) is 0 Å². The molecular formula is C27H32F6O2. The Kier molecular flexibility index (Phi) is 8.58. The van der Waals surface area contributed by atoms with E-state index in [9.17, 15) is 4.39 Å². The fraction of sp³-hybridized carbons (Fsp3) is 0.556. The molecular weight excluding hydrogens is 470 g/mol. The van der Waals surface area contributed by atoms with Crippen LogP contribution in [0.1, 0.15) is 69.6 Å². The molecule has 1 heterocycles. The number of benzene rings is 1. The molecule has 0 aromatic heterocycles. The lowest BCUT2D eigenvalue weighted by Gasteiger charge is -2.36. The number of hydrogen-bond acceptors (Lipinski definition) is 2. The summed E-state index contributed by atoms with van der Waals surface area (Å²) >= 11 is 0. The molecule has 0 amide bonds. The lowest BCUT2D eigenvalue weighted by atomic mass is 9.78. The van der Waals surface area contributed by atoms with Crippen LogP contribution in [0.2, 0.25) is 0 Å². The average Bonchev–Trinajstić information content (AvgIpc) is 2.81. The number of hydrogen-bond donors (Lipinski definition) is 0. The van der Waals surface area contributed by atoms with Gasteiger partial charge in [0.05, 0.1) is 24.4 Å². The van der Waals surface area contributed by atoms with Crippen LogP contribution in [0.5, 0.6) is 0 Å². The highest BCUT2D eigenvalue weighted by Gasteiger charge is 2.65. The van der Waals surface area contributed by atoms with Crippen molar-refractivity contribution in [3.05, 3.63) is 64.3 Å². The summed E-state index contributed by atoms with van der Waals surface area (Å²) in [6.07, 6.45) is 3.62. The monoisotopic (exact) mass is 502 g/mol. The molecule has 1 fully saturated rings. The molecule has 0 bridgehead atoms. The largest absolute Gasteiger partial charge is 0.352 e. The zero-order valence-corrected chi connectivity index (χ0v) is 20.3. The smallest absolute Gasteiger partial charge is 0.343 e. The molecule has 0 atom stereocenters. The molecule has 1 aromatic rings. The first-order chi connectivity index (χ1) is 16.5. The van der Waals surface area contributed by atoms with Crippen LogP contribution in [0.25, 0.3) is 5.57 Å². The van der Waals surface area contributed by atoms with Crippen LogP contribution in [-0.4, -0.2) is 25.4 Å². The van der Waals surface area contributed by atoms with Crippen molar-refractivity contribution in [2.45, 2.75) is 77.4 Å². The molecule has 2 aliphatic rings. The minimum Gasteiger partial charge on any atom is -0.352 e. The molecule has 1 aromatic carbocycles. The van der Waals surface area contributed by atoms with E-state index < -0.39 is 52.1 Å². The Morgan fingerprint density at radius 2 is 1.77 bits per heavy atom. The second-order valence-corrected chi connectivity index (χ2v) is 9.32. The van der Waals surface area contributed by atoms with Crippen molar-refractivity contribution in [3.63, 3.8) is 0 Å². The number of rotatable bonds is 9. The fourth-order valence-electron chi connectivity index (χ4n) is 4.62. The number of aryl methyl sites for hydroxylation is 1. The first kappa shape index (κ1) is 27.5. The predicted octanol–water partition coefficient (Wildman–Crippen LogP) is 8.27. The van der Waals surface area contributed by atoms with Gasteiger partial charge in [-0.15, -0.1) is 6.58 Å². The quantitative estimate of drug-likeness (QED) is 0.250. The van der Waals surface area contributed by atoms with Crippen molar-refractivity contribution in [1.29, 1.82) is 0 Å². The molecule has 0 N–H and O–H groups in total. The predicted molar refractivity (Wildman–Crippen MR) is 123 cm³/mol. The Morgan fingerprint density at radius 3 is 2.37 bits per heavy atom. The van der Waals surface area contributed by atoms with E-state index in [1.807, 2.05) is 0 Å². The summed E-state index contributed by atoms with van der Waals surface area (Å²) in [5.41, 5.74) is -3.75. The SMILES string of the molecule is C=CCCC1COC(CC/C(C)=C(\F)C2=C(C)c3ccc(CCC)c(F)c3C(F)(F)C2(F)F)OC1. The third-order valence-corrected chi connectivity index (χ3v) is 6.71. The topological polar surface area (TPSA) is 18.5 Å². The van der Waals surface area contributed by atoms with E-state index in [-0.39, 0.29) is 36.3 Å². The van der Waals surface area contributed by atoms with E-state index in [0.717, 1.165) is 19.8 Å². The maximum absolute atomic E-state index is 15.3. The van der Waals surface area contributed by atoms with E-state index in [4.69, 9.17) is 9.47 Å². The van der Waals surface area contributed by atoms with Crippen LogP contribution in [0.4, 0.5) is 26.3 Å². The highest BCUT2D eigenvalue weighted by atomic mass is 19.3. The van der Waals surface area contributed by atoms with Gasteiger partial charge in [-0.05, 0) is 61.8 Å². The van der Waals surface area contributed by atoms with Crippen LogP contribution < -0.4 is 0 Å². The lowest BCUT2D eigenvalue weighted by Crippen LogP contribution is -2.44. The minimum atomic E-state index is -4.92. The third kappa shape index (κ3) is 5.24. The molecule has 3 rings (SSSR count). The van der Waals surface area contributed by atoms with Gasteiger partial charge in [0.15, 0.2) is 6.29 Å². The van der Waals surface area contributed by atoms with E-state index in [1.165, 1.54) is 19.1 Å². The second-order valence-electron chi connectivity index (χ2n) is 9.32. The van der Waals surface area contributed by atoms with E-state index >= 15 is 22.0 Å². The zero-order valence-electron chi connectivity index (χ0n) is 20.3. The number of allylic oxidation sites excluding steroid dienone is 5. The summed E-state index contributed by atoms with van der Waals surface area (Å²) < 4.78 is 102. The van der Waals surface area contributed by atoms with Crippen LogP contribution in [-0.2, 0) is 21.8 Å². The van der Waals surface area contributed by atoms with Crippen molar-refractivity contribution >= 4 is 5.57 Å². The van der Waals surface area contributed by atoms with Crippen molar-refractivity contribution in [2.75, 3.05) is 13.2 Å². The highest BCUT2D eigenvalue weighted by molar-refractivity contribution is 5.78. The van der Waals surface area contributed by atoms with Crippen molar-refractivity contribution in [2.24, 2.45) is 5.92 Å². The normalized spacial score (nSPS) is 24.1. The van der Waals surface area contributed by atoms with E-state index in [1.54, 1.807) is 13.0 Å². The van der Waals surface area contributed by atoms with Crippen LogP contribution >= 0.6 is 0 Å². The molecule has 0 saturated carbocycles. The van der Waals surface area contributed by atoms with Gasteiger partial charge in [-0.3, -0.25) is 0 Å². The first-order valence-electron chi connectivity index (χ1n) is 12.0. The van der Waals surface area contributed by atoms with Gasteiger partial charge in [0, 0.05) is 12.3 Å². The van der Waals surface area contributed by atoms with Gasteiger partial charge in [-0.2, -0.15) is 17.6 Å². The molecule has 0 unspecified atom stereocenters. The fourth-order valence-corrected chi connectivity index (χ4v) is 4.62. The van der Waals surface area contributed by atoms with Crippen molar-refractivity contribution in [1.82, 2.24) is 0 Å². The lowest BCUT2D eigenvalue weighted by molar-refractivity contribution is -0.203. The van der Waals surface area contributed by atoms with Crippen molar-refractivity contribution < 1.29 is 35.8 Å². The summed E-state index contributed by atoms with van der Waals surface area (Å²) in [6, 6.07) is 2.48. The van der Waals surface area contributed by atoms with Gasteiger partial charge in [0.25, 0.3) is 0 Å². The second kappa shape index (κ2) is 10.9. The standard InChI is InChI=1S/C27H32F6O2/c1-5-7-9-18-14-34-21(35-15-18)13-10-16(3)24(28)22-17(4)20-12-11-19(8-6-2)25(29)23(20)27(32,33)26(22,30)31/h5,11-12,18,21H,1,6-10,13-15H2,2-4H3/b24-16-. The highest BCUT2D eigenvalue weighted by Crippen LogP contribution is 2.57. The van der Waals surface area contributed by atoms with Gasteiger partial charge < -0.3 is 9.47 Å². The molecule has 1 aliphatic carbocycles. The van der Waals surface area contributed by atoms with Crippen LogP contribution in [0.3, 0.4) is 0 Å². The molecule has 0 radical (unpaired) electrons. The van der Waals surface area contributed by atoms with Gasteiger partial charge >= 0.3 is 11.8 Å². The minimum absolute atomic E-state index is 0.0249. The van der Waals surface area contributed by atoms with Gasteiger partial charge in [0.1, 0.15) is 11.6 Å². The maximum Gasteiger partial charge on any atom is 0.343 e. The Balaban J connectivity index is 1.87. The number of halogens is 6. The summed E-state index contributed by atoms with van der Waals surface area (Å²) in [6.45, 7) is 8.72. The Bertz CT molecular complexity index is 1000. The summed E-state index contributed by atoms with van der Waals surface area (Å²) in [5, 5.41) is 0. The Hall–Kier alpha value is -2.06. The van der Waals surface area contributed by atoms with Crippen LogP contribution in [0, 0.1) is 11.7 Å². The zero-order chi connectivity index (χ0) is 26.0. The molecule has 8 heteroatoms. The Labute approximate surface area is 202 Å². The third-order valence-electron chi connectivity index (χ3n) is 6.71. The molecule has 1 aliphatic heterocycles. The number of ether oxygens (including phenoxy) is 2. The molecule has 194 valence electrons. The van der Waals surface area contributed by atoms with Crippen LogP contribution in [0.15, 0.2) is 41.8 Å². The van der Waals surface area contributed by atoms with E-state index in [2.05, 4.69) is 6.58 Å². The first-order valence-corrected chi connectivity index (χ1v) is 12.0. The molecule has 1 saturated heterocycles. The number of fused-ring (bicyclic) bond motifs is 1. The molecule has 0 spiro atoms. The maximum atomic E-state index is 15.3. The summed E-state index contributed by atoms with van der Waals surface area (Å²) in [5.74, 6) is -12.4. The average molecular weight is 503 g/mol. The van der Waals surface area contributed by atoms with Gasteiger partial charge in [-0.25, -0.2) is 8.78 Å².